The van der Waals surface area contributed by atoms with Crippen LogP contribution in [0.3, 0.4) is 0 Å². The smallest absolute Gasteiger partial charge is 0.329 e. The van der Waals surface area contributed by atoms with E-state index >= 15 is 0 Å². The number of nitrogens with one attached hydrogen (secondary N) is 2. The van der Waals surface area contributed by atoms with Crippen molar-refractivity contribution in [3.63, 3.8) is 0 Å². The lowest BCUT2D eigenvalue weighted by molar-refractivity contribution is -0.169. The van der Waals surface area contributed by atoms with E-state index in [-0.39, 0.29) is 55.4 Å². The minimum atomic E-state index is -1.17. The van der Waals surface area contributed by atoms with Crippen molar-refractivity contribution in [3.8, 4) is 0 Å². The Hall–Kier alpha value is -3.96. The van der Waals surface area contributed by atoms with E-state index in [0.717, 1.165) is 5.56 Å². The maximum absolute atomic E-state index is 14.2. The molecule has 2 N–H and O–H groups in total. The van der Waals surface area contributed by atoms with E-state index in [1.54, 1.807) is 0 Å². The van der Waals surface area contributed by atoms with Crippen LogP contribution < -0.4 is 10.6 Å². The number of cyclic esters (lactones) is 1. The van der Waals surface area contributed by atoms with E-state index < -0.39 is 59.9 Å². The normalized spacial score (nSPS) is 27.5. The highest BCUT2D eigenvalue weighted by molar-refractivity contribution is 5.95. The molecule has 12 heteroatoms. The van der Waals surface area contributed by atoms with E-state index in [4.69, 9.17) is 4.74 Å². The van der Waals surface area contributed by atoms with Gasteiger partial charge in [-0.3, -0.25) is 24.0 Å². The molecule has 266 valence electrons. The van der Waals surface area contributed by atoms with Gasteiger partial charge in [0, 0.05) is 40.0 Å². The summed E-state index contributed by atoms with van der Waals surface area (Å²) in [6, 6.07) is 5.44. The van der Waals surface area contributed by atoms with Gasteiger partial charge in [-0.05, 0) is 42.1 Å². The molecule has 6 atom stereocenters. The van der Waals surface area contributed by atoms with Gasteiger partial charge in [-0.2, -0.15) is 0 Å². The third kappa shape index (κ3) is 9.35. The van der Waals surface area contributed by atoms with Crippen LogP contribution in [0.2, 0.25) is 0 Å². The Labute approximate surface area is 285 Å². The minimum absolute atomic E-state index is 0.00715. The molecule has 0 aliphatic carbocycles. The van der Waals surface area contributed by atoms with E-state index in [2.05, 4.69) is 10.6 Å². The van der Waals surface area contributed by atoms with Crippen LogP contribution in [0, 0.1) is 23.7 Å². The zero-order valence-electron chi connectivity index (χ0n) is 30.0. The molecule has 5 amide bonds. The molecule has 1 aromatic carbocycles. The average molecular weight is 670 g/mol. The van der Waals surface area contributed by atoms with Gasteiger partial charge in [0.25, 0.3) is 5.91 Å². The summed E-state index contributed by atoms with van der Waals surface area (Å²) in [6.07, 6.45) is -0.234. The number of hydrogen-bond donors (Lipinski definition) is 2. The molecule has 2 aliphatic rings. The highest BCUT2D eigenvalue weighted by Crippen LogP contribution is 2.28. The van der Waals surface area contributed by atoms with Crippen LogP contribution in [0.1, 0.15) is 73.3 Å². The van der Waals surface area contributed by atoms with Crippen molar-refractivity contribution in [3.05, 3.63) is 35.9 Å². The monoisotopic (exact) mass is 669 g/mol. The predicted molar refractivity (Wildman–Crippen MR) is 181 cm³/mol. The van der Waals surface area contributed by atoms with E-state index in [0.29, 0.717) is 13.0 Å². The summed E-state index contributed by atoms with van der Waals surface area (Å²) in [5.41, 5.74) is 0.821. The number of rotatable bonds is 6. The van der Waals surface area contributed by atoms with Gasteiger partial charge in [-0.1, -0.05) is 78.8 Å². The van der Waals surface area contributed by atoms with Crippen molar-refractivity contribution in [1.29, 1.82) is 0 Å². The van der Waals surface area contributed by atoms with E-state index in [1.165, 1.54) is 28.8 Å². The van der Waals surface area contributed by atoms with Crippen molar-refractivity contribution in [1.82, 2.24) is 25.3 Å². The Bertz CT molecular complexity index is 1320. The number of esters is 1. The highest BCUT2D eigenvalue weighted by Gasteiger charge is 2.44. The molecule has 0 radical (unpaired) electrons. The van der Waals surface area contributed by atoms with Gasteiger partial charge in [-0.25, -0.2) is 4.79 Å². The van der Waals surface area contributed by atoms with Crippen LogP contribution in [-0.4, -0.2) is 108 Å². The summed E-state index contributed by atoms with van der Waals surface area (Å²) in [5, 5.41) is 5.68. The van der Waals surface area contributed by atoms with Gasteiger partial charge >= 0.3 is 5.97 Å². The Morgan fingerprint density at radius 3 is 2.02 bits per heavy atom. The van der Waals surface area contributed by atoms with Crippen molar-refractivity contribution in [2.75, 3.05) is 27.2 Å². The molecule has 0 bridgehead atoms. The number of amides is 5. The number of nitrogens with zero attached hydrogens (tertiary/aromatic N) is 3. The first-order valence-corrected chi connectivity index (χ1v) is 17.2. The molecule has 0 spiro atoms. The summed E-state index contributed by atoms with van der Waals surface area (Å²) in [5.74, 6) is -3.85. The third-order valence-corrected chi connectivity index (χ3v) is 9.35. The van der Waals surface area contributed by atoms with Crippen molar-refractivity contribution in [2.45, 2.75) is 104 Å². The second kappa shape index (κ2) is 16.9. The number of carbonyl (C=O) groups is 6. The Morgan fingerprint density at radius 2 is 1.44 bits per heavy atom. The summed E-state index contributed by atoms with van der Waals surface area (Å²) >= 11 is 0. The number of likely N-dealkylation sites (N-methyl/N-ethyl adjacent to an activating group) is 2. The standard InChI is InChI=1S/C36H55N5O7/c1-21(2)19-27-34(45)40(9)30(23(5)6)35(46)39(8)29(22(3)4)33(44)38-26(20-25-13-11-10-12-14-25)32(43)37-17-15-28(42)41-18-16-24(7)31(41)36(47)48-27/h10-14,21-24,26-27,29-31H,15-20H2,1-9H3,(H,37,43)(H,38,44). The molecule has 2 heterocycles. The fourth-order valence-corrected chi connectivity index (χ4v) is 6.83. The van der Waals surface area contributed by atoms with E-state index in [1.807, 2.05) is 78.8 Å². The average Bonchev–Trinajstić information content (AvgIpc) is 3.40. The Balaban J connectivity index is 2.07. The summed E-state index contributed by atoms with van der Waals surface area (Å²) < 4.78 is 5.91. The molecule has 1 aromatic rings. The predicted octanol–water partition coefficient (Wildman–Crippen LogP) is 2.39. The topological polar surface area (TPSA) is 145 Å². The minimum Gasteiger partial charge on any atom is -0.451 e. The fourth-order valence-electron chi connectivity index (χ4n) is 6.83. The van der Waals surface area contributed by atoms with Gasteiger partial charge in [0.2, 0.25) is 23.6 Å². The van der Waals surface area contributed by atoms with Crippen molar-refractivity contribution < 1.29 is 33.5 Å². The Kier molecular flexibility index (Phi) is 13.6. The van der Waals surface area contributed by atoms with Crippen LogP contribution in [0.5, 0.6) is 0 Å². The molecule has 2 aliphatic heterocycles. The van der Waals surface area contributed by atoms with Crippen molar-refractivity contribution >= 4 is 35.5 Å². The number of carbonyl (C=O) groups excluding carboxylic acids is 6. The van der Waals surface area contributed by atoms with Gasteiger partial charge in [0.15, 0.2) is 6.10 Å². The highest BCUT2D eigenvalue weighted by atomic mass is 16.6. The number of ether oxygens (including phenoxy) is 1. The molecule has 0 saturated carbocycles. The molecular formula is C36H55N5O7. The SMILES string of the molecule is CC(C)CC1OC(=O)C2C(C)CCN2C(=O)CCNC(=O)C(Cc2ccccc2)NC(=O)C(C(C)C)N(C)C(=O)C(C(C)C)N(C)C1=O. The van der Waals surface area contributed by atoms with Crippen LogP contribution >= 0.6 is 0 Å². The molecule has 0 aromatic heterocycles. The molecular weight excluding hydrogens is 614 g/mol. The molecule has 3 rings (SSSR count). The van der Waals surface area contributed by atoms with Gasteiger partial charge in [-0.15, -0.1) is 0 Å². The zero-order valence-corrected chi connectivity index (χ0v) is 30.0. The van der Waals surface area contributed by atoms with Crippen LogP contribution in [-0.2, 0) is 39.9 Å². The molecule has 12 nitrogen and oxygen atoms in total. The zero-order chi connectivity index (χ0) is 35.9. The van der Waals surface area contributed by atoms with Crippen LogP contribution in [0.15, 0.2) is 30.3 Å². The van der Waals surface area contributed by atoms with Gasteiger partial charge < -0.3 is 30.1 Å². The number of benzene rings is 1. The molecule has 2 fully saturated rings. The fraction of sp³-hybridized carbons (Fsp3) is 0.667. The lowest BCUT2D eigenvalue weighted by atomic mass is 9.95. The summed E-state index contributed by atoms with van der Waals surface area (Å²) in [4.78, 5) is 87.1. The first-order chi connectivity index (χ1) is 22.5. The second-order valence-electron chi connectivity index (χ2n) is 14.4. The van der Waals surface area contributed by atoms with Gasteiger partial charge in [0.1, 0.15) is 24.2 Å². The summed E-state index contributed by atoms with van der Waals surface area (Å²) in [6.45, 7) is 13.3. The third-order valence-electron chi connectivity index (χ3n) is 9.35. The molecule has 6 unspecified atom stereocenters. The number of hydrogen-bond acceptors (Lipinski definition) is 7. The lowest BCUT2D eigenvalue weighted by Crippen LogP contribution is -2.60. The number of fused-ring (bicyclic) bond motifs is 1. The maximum Gasteiger partial charge on any atom is 0.329 e. The molecule has 2 saturated heterocycles. The van der Waals surface area contributed by atoms with Gasteiger partial charge in [0.05, 0.1) is 0 Å². The van der Waals surface area contributed by atoms with E-state index in [9.17, 15) is 28.8 Å². The van der Waals surface area contributed by atoms with Crippen LogP contribution in [0.4, 0.5) is 0 Å². The molecule has 48 heavy (non-hydrogen) atoms. The second-order valence-corrected chi connectivity index (χ2v) is 14.4. The first kappa shape index (κ1) is 38.5. The Morgan fingerprint density at radius 1 is 0.833 bits per heavy atom. The quantitative estimate of drug-likeness (QED) is 0.443. The maximum atomic E-state index is 14.2. The van der Waals surface area contributed by atoms with Crippen molar-refractivity contribution in [2.24, 2.45) is 23.7 Å². The first-order valence-electron chi connectivity index (χ1n) is 17.2. The lowest BCUT2D eigenvalue weighted by Gasteiger charge is -2.39. The largest absolute Gasteiger partial charge is 0.451 e. The van der Waals surface area contributed by atoms with Crippen LogP contribution in [0.25, 0.3) is 0 Å². The summed E-state index contributed by atoms with van der Waals surface area (Å²) in [7, 11) is 3.05.